The number of carboxylic acids is 1. The van der Waals surface area contributed by atoms with Crippen molar-refractivity contribution >= 4 is 63.1 Å². The van der Waals surface area contributed by atoms with Gasteiger partial charge in [-0.2, -0.15) is 0 Å². The highest BCUT2D eigenvalue weighted by molar-refractivity contribution is 14.1. The minimum atomic E-state index is -1.19. The van der Waals surface area contributed by atoms with Crippen LogP contribution in [-0.4, -0.2) is 23.6 Å². The number of carbonyl (C=O) groups excluding carboxylic acids is 1. The summed E-state index contributed by atoms with van der Waals surface area (Å²) >= 11 is 4.23. The number of hydrogen-bond donors (Lipinski definition) is 2. The van der Waals surface area contributed by atoms with Crippen LogP contribution in [0.4, 0.5) is 0 Å². The van der Waals surface area contributed by atoms with Crippen LogP contribution in [0.2, 0.25) is 0 Å². The SMILES string of the molecule is C=CCOc1c(I)cc(/C=C(/NC(C)=O)C(=O)O)cc1I. The van der Waals surface area contributed by atoms with Gasteiger partial charge in [0.25, 0.3) is 0 Å². The molecule has 0 aliphatic rings. The Kier molecular flexibility index (Phi) is 7.15. The van der Waals surface area contributed by atoms with Crippen molar-refractivity contribution in [2.24, 2.45) is 0 Å². The van der Waals surface area contributed by atoms with E-state index < -0.39 is 11.9 Å². The number of rotatable bonds is 6. The third kappa shape index (κ3) is 5.65. The molecule has 0 spiro atoms. The van der Waals surface area contributed by atoms with Gasteiger partial charge in [0.2, 0.25) is 5.91 Å². The van der Waals surface area contributed by atoms with Crippen LogP contribution in [0.5, 0.6) is 5.75 Å². The van der Waals surface area contributed by atoms with Crippen molar-refractivity contribution in [3.05, 3.63) is 43.2 Å². The van der Waals surface area contributed by atoms with Gasteiger partial charge in [-0.05, 0) is 69.0 Å². The first kappa shape index (κ1) is 18.0. The van der Waals surface area contributed by atoms with Crippen LogP contribution in [0, 0.1) is 7.14 Å². The lowest BCUT2D eigenvalue weighted by Crippen LogP contribution is -2.24. The lowest BCUT2D eigenvalue weighted by Gasteiger charge is -2.10. The van der Waals surface area contributed by atoms with E-state index in [2.05, 4.69) is 57.1 Å². The Morgan fingerprint density at radius 2 is 1.95 bits per heavy atom. The molecule has 0 atom stereocenters. The van der Waals surface area contributed by atoms with Gasteiger partial charge in [-0.3, -0.25) is 4.79 Å². The summed E-state index contributed by atoms with van der Waals surface area (Å²) in [6.07, 6.45) is 3.06. The molecule has 0 aliphatic heterocycles. The smallest absolute Gasteiger partial charge is 0.352 e. The molecule has 0 aliphatic carbocycles. The highest BCUT2D eigenvalue weighted by Crippen LogP contribution is 2.29. The molecule has 0 saturated carbocycles. The second-order valence-corrected chi connectivity index (χ2v) is 6.28. The van der Waals surface area contributed by atoms with Gasteiger partial charge < -0.3 is 15.2 Å². The summed E-state index contributed by atoms with van der Waals surface area (Å²) < 4.78 is 7.24. The lowest BCUT2D eigenvalue weighted by molar-refractivity contribution is -0.134. The van der Waals surface area contributed by atoms with E-state index >= 15 is 0 Å². The molecule has 112 valence electrons. The second kappa shape index (κ2) is 8.37. The maximum Gasteiger partial charge on any atom is 0.352 e. The molecular weight excluding hydrogens is 500 g/mol. The van der Waals surface area contributed by atoms with Crippen molar-refractivity contribution in [2.45, 2.75) is 6.92 Å². The summed E-state index contributed by atoms with van der Waals surface area (Å²) in [5.41, 5.74) is 0.495. The Labute approximate surface area is 149 Å². The Morgan fingerprint density at radius 1 is 1.38 bits per heavy atom. The first-order chi connectivity index (χ1) is 9.85. The van der Waals surface area contributed by atoms with Gasteiger partial charge in [-0.1, -0.05) is 12.7 Å². The number of benzene rings is 1. The molecule has 7 heteroatoms. The number of nitrogens with one attached hydrogen (secondary N) is 1. The van der Waals surface area contributed by atoms with Crippen LogP contribution in [0.15, 0.2) is 30.5 Å². The normalized spacial score (nSPS) is 10.9. The van der Waals surface area contributed by atoms with Crippen LogP contribution in [0.1, 0.15) is 12.5 Å². The van der Waals surface area contributed by atoms with E-state index in [1.165, 1.54) is 13.0 Å². The summed E-state index contributed by atoms with van der Waals surface area (Å²) in [5.74, 6) is -0.897. The fourth-order valence-electron chi connectivity index (χ4n) is 1.45. The van der Waals surface area contributed by atoms with Crippen LogP contribution in [0.3, 0.4) is 0 Å². The van der Waals surface area contributed by atoms with Gasteiger partial charge in [0, 0.05) is 6.92 Å². The molecule has 0 radical (unpaired) electrons. The lowest BCUT2D eigenvalue weighted by atomic mass is 10.2. The average Bonchev–Trinajstić information content (AvgIpc) is 2.36. The Morgan fingerprint density at radius 3 is 2.38 bits per heavy atom. The van der Waals surface area contributed by atoms with E-state index in [-0.39, 0.29) is 5.70 Å². The molecule has 1 amide bonds. The molecule has 5 nitrogen and oxygen atoms in total. The van der Waals surface area contributed by atoms with Gasteiger partial charge in [0.15, 0.2) is 0 Å². The number of aliphatic carboxylic acids is 1. The zero-order valence-corrected chi connectivity index (χ0v) is 15.5. The van der Waals surface area contributed by atoms with E-state index in [0.29, 0.717) is 12.2 Å². The predicted octanol–water partition coefficient (Wildman–Crippen LogP) is 3.02. The first-order valence-electron chi connectivity index (χ1n) is 5.80. The summed E-state index contributed by atoms with van der Waals surface area (Å²) in [5, 5.41) is 11.4. The molecule has 0 bridgehead atoms. The van der Waals surface area contributed by atoms with Crippen LogP contribution >= 0.6 is 45.2 Å². The molecule has 1 rings (SSSR count). The third-order valence-corrected chi connectivity index (χ3v) is 3.82. The predicted molar refractivity (Wildman–Crippen MR) is 97.0 cm³/mol. The maximum absolute atomic E-state index is 11.1. The quantitative estimate of drug-likeness (QED) is 0.349. The standard InChI is InChI=1S/C14H13I2NO4/c1-3-4-21-13-10(15)5-9(6-11(13)16)7-12(14(19)20)17-8(2)18/h3,5-7H,1,4H2,2H3,(H,17,18)(H,19,20)/b12-7+. The van der Waals surface area contributed by atoms with Crippen LogP contribution in [-0.2, 0) is 9.59 Å². The maximum atomic E-state index is 11.1. The molecule has 1 aromatic rings. The van der Waals surface area contributed by atoms with Gasteiger partial charge in [-0.25, -0.2) is 4.79 Å². The van der Waals surface area contributed by atoms with Gasteiger partial charge >= 0.3 is 5.97 Å². The summed E-state index contributed by atoms with van der Waals surface area (Å²) in [6, 6.07) is 3.57. The van der Waals surface area contributed by atoms with Crippen molar-refractivity contribution < 1.29 is 19.4 Å². The topological polar surface area (TPSA) is 75.6 Å². The van der Waals surface area contributed by atoms with Crippen LogP contribution < -0.4 is 10.1 Å². The molecular formula is C14H13I2NO4. The fraction of sp³-hybridized carbons (Fsp3) is 0.143. The number of hydrogen-bond acceptors (Lipinski definition) is 3. The van der Waals surface area contributed by atoms with E-state index in [1.54, 1.807) is 18.2 Å². The van der Waals surface area contributed by atoms with Crippen molar-refractivity contribution in [1.29, 1.82) is 0 Å². The van der Waals surface area contributed by atoms with E-state index in [1.807, 2.05) is 0 Å². The van der Waals surface area contributed by atoms with Gasteiger partial charge in [0.1, 0.15) is 18.1 Å². The molecule has 0 fully saturated rings. The van der Waals surface area contributed by atoms with E-state index in [0.717, 1.165) is 12.9 Å². The first-order valence-corrected chi connectivity index (χ1v) is 7.96. The number of halogens is 2. The fourth-order valence-corrected chi connectivity index (χ4v) is 3.58. The van der Waals surface area contributed by atoms with Gasteiger partial charge in [-0.15, -0.1) is 0 Å². The zero-order chi connectivity index (χ0) is 16.0. The van der Waals surface area contributed by atoms with Gasteiger partial charge in [0.05, 0.1) is 7.14 Å². The van der Waals surface area contributed by atoms with Crippen molar-refractivity contribution in [3.63, 3.8) is 0 Å². The summed E-state index contributed by atoms with van der Waals surface area (Å²) in [7, 11) is 0. The Bertz CT molecular complexity index is 588. The monoisotopic (exact) mass is 513 g/mol. The highest BCUT2D eigenvalue weighted by atomic mass is 127. The minimum Gasteiger partial charge on any atom is -0.487 e. The molecule has 0 unspecified atom stereocenters. The van der Waals surface area contributed by atoms with Crippen molar-refractivity contribution in [1.82, 2.24) is 5.32 Å². The van der Waals surface area contributed by atoms with E-state index in [9.17, 15) is 9.59 Å². The summed E-state index contributed by atoms with van der Waals surface area (Å²) in [6.45, 7) is 5.25. The highest BCUT2D eigenvalue weighted by Gasteiger charge is 2.12. The number of carbonyl (C=O) groups is 2. The molecule has 1 aromatic carbocycles. The average molecular weight is 513 g/mol. The summed E-state index contributed by atoms with van der Waals surface area (Å²) in [4.78, 5) is 22.1. The second-order valence-electron chi connectivity index (χ2n) is 3.96. The molecule has 21 heavy (non-hydrogen) atoms. The van der Waals surface area contributed by atoms with Crippen molar-refractivity contribution in [3.8, 4) is 5.75 Å². The van der Waals surface area contributed by atoms with Crippen molar-refractivity contribution in [2.75, 3.05) is 6.61 Å². The zero-order valence-electron chi connectivity index (χ0n) is 11.2. The molecule has 0 saturated heterocycles. The molecule has 0 aromatic heterocycles. The number of ether oxygens (including phenoxy) is 1. The molecule has 2 N–H and O–H groups in total. The molecule has 0 heterocycles. The van der Waals surface area contributed by atoms with E-state index in [4.69, 9.17) is 9.84 Å². The third-order valence-electron chi connectivity index (χ3n) is 2.22. The Balaban J connectivity index is 3.16. The minimum absolute atomic E-state index is 0.172. The van der Waals surface area contributed by atoms with Crippen LogP contribution in [0.25, 0.3) is 6.08 Å². The largest absolute Gasteiger partial charge is 0.487 e. The number of carboxylic acid groups (broad SMARTS) is 1. The Hall–Kier alpha value is -1.10. The number of amides is 1.